The van der Waals surface area contributed by atoms with Crippen molar-refractivity contribution in [3.8, 4) is 0 Å². The van der Waals surface area contributed by atoms with Gasteiger partial charge in [-0.3, -0.25) is 0 Å². The summed E-state index contributed by atoms with van der Waals surface area (Å²) < 4.78 is 51.3. The maximum absolute atomic E-state index is 11.2. The van der Waals surface area contributed by atoms with Crippen molar-refractivity contribution in [3.05, 3.63) is 0 Å². The minimum Gasteiger partial charge on any atom is -0.201 e. The zero-order valence-electron chi connectivity index (χ0n) is 9.76. The maximum atomic E-state index is 11.2. The standard InChI is InChI=1S/C6H18N4O4S2/c1-9(2)15(11,12)7-5-6-8-16(13,14)10(3)4/h7-8H,5-6H2,1-4H3. The van der Waals surface area contributed by atoms with E-state index in [1.54, 1.807) is 0 Å². The predicted octanol–water partition coefficient (Wildman–Crippen LogP) is -2.22. The summed E-state index contributed by atoms with van der Waals surface area (Å²) in [6.07, 6.45) is 0. The normalized spacial score (nSPS) is 13.6. The van der Waals surface area contributed by atoms with Crippen molar-refractivity contribution in [1.82, 2.24) is 18.1 Å². The quantitative estimate of drug-likeness (QED) is 0.514. The zero-order valence-corrected chi connectivity index (χ0v) is 11.4. The molecule has 16 heavy (non-hydrogen) atoms. The van der Waals surface area contributed by atoms with E-state index in [4.69, 9.17) is 0 Å². The summed E-state index contributed by atoms with van der Waals surface area (Å²) in [7, 11) is -1.48. The fraction of sp³-hybridized carbons (Fsp3) is 1.00. The monoisotopic (exact) mass is 274 g/mol. The molecule has 0 fully saturated rings. The van der Waals surface area contributed by atoms with Crippen LogP contribution in [-0.2, 0) is 20.4 Å². The van der Waals surface area contributed by atoms with Crippen molar-refractivity contribution >= 4 is 20.4 Å². The van der Waals surface area contributed by atoms with Crippen LogP contribution in [0.2, 0.25) is 0 Å². The predicted molar refractivity (Wildman–Crippen MR) is 61.2 cm³/mol. The average Bonchev–Trinajstić information content (AvgIpc) is 2.12. The first-order valence-electron chi connectivity index (χ1n) is 4.44. The van der Waals surface area contributed by atoms with Crippen LogP contribution < -0.4 is 9.44 Å². The molecule has 0 radical (unpaired) electrons. The molecule has 0 heterocycles. The molecule has 0 aromatic carbocycles. The van der Waals surface area contributed by atoms with Crippen LogP contribution in [0, 0.1) is 0 Å². The second-order valence-corrected chi connectivity index (χ2v) is 7.30. The fourth-order valence-corrected chi connectivity index (χ4v) is 1.85. The topological polar surface area (TPSA) is 98.8 Å². The first-order chi connectivity index (χ1) is 7.09. The summed E-state index contributed by atoms with van der Waals surface area (Å²) in [5.74, 6) is 0. The molecule has 0 aromatic rings. The molecular formula is C6H18N4O4S2. The Balaban J connectivity index is 4.05. The van der Waals surface area contributed by atoms with Crippen molar-refractivity contribution < 1.29 is 16.8 Å². The first-order valence-corrected chi connectivity index (χ1v) is 7.32. The molecule has 0 saturated carbocycles. The molecule has 0 atom stereocenters. The van der Waals surface area contributed by atoms with Gasteiger partial charge in [0, 0.05) is 41.3 Å². The molecule has 98 valence electrons. The highest BCUT2D eigenvalue weighted by Gasteiger charge is 2.14. The SMILES string of the molecule is CN(C)S(=O)(=O)NCCNS(=O)(=O)N(C)C. The van der Waals surface area contributed by atoms with E-state index in [2.05, 4.69) is 9.44 Å². The number of nitrogens with one attached hydrogen (secondary N) is 2. The van der Waals surface area contributed by atoms with Gasteiger partial charge in [0.1, 0.15) is 0 Å². The van der Waals surface area contributed by atoms with Crippen LogP contribution in [0.15, 0.2) is 0 Å². The third-order valence-electron chi connectivity index (χ3n) is 1.66. The molecule has 0 aromatic heterocycles. The second-order valence-electron chi connectivity index (χ2n) is 3.36. The van der Waals surface area contributed by atoms with E-state index in [-0.39, 0.29) is 13.1 Å². The molecule has 0 spiro atoms. The number of rotatable bonds is 7. The number of nitrogens with zero attached hydrogens (tertiary/aromatic N) is 2. The first kappa shape index (κ1) is 15.7. The van der Waals surface area contributed by atoms with E-state index in [9.17, 15) is 16.8 Å². The Morgan fingerprint density at radius 2 is 1.00 bits per heavy atom. The highest BCUT2D eigenvalue weighted by Crippen LogP contribution is 1.88. The summed E-state index contributed by atoms with van der Waals surface area (Å²) in [5.41, 5.74) is 0. The van der Waals surface area contributed by atoms with Gasteiger partial charge in [-0.2, -0.15) is 25.4 Å². The van der Waals surface area contributed by atoms with Crippen molar-refractivity contribution in [2.45, 2.75) is 0 Å². The Morgan fingerprint density at radius 3 is 1.19 bits per heavy atom. The molecule has 2 N–H and O–H groups in total. The Kier molecular flexibility index (Phi) is 5.79. The van der Waals surface area contributed by atoms with Gasteiger partial charge in [-0.05, 0) is 0 Å². The van der Waals surface area contributed by atoms with Gasteiger partial charge in [-0.1, -0.05) is 0 Å². The van der Waals surface area contributed by atoms with Crippen molar-refractivity contribution in [1.29, 1.82) is 0 Å². The van der Waals surface area contributed by atoms with Crippen molar-refractivity contribution in [2.75, 3.05) is 41.3 Å². The van der Waals surface area contributed by atoms with Crippen molar-refractivity contribution in [2.24, 2.45) is 0 Å². The summed E-state index contributed by atoms with van der Waals surface area (Å²) in [6, 6.07) is 0. The lowest BCUT2D eigenvalue weighted by molar-refractivity contribution is 0.496. The van der Waals surface area contributed by atoms with E-state index in [1.807, 2.05) is 0 Å². The fourth-order valence-electron chi connectivity index (χ4n) is 0.618. The average molecular weight is 274 g/mol. The van der Waals surface area contributed by atoms with E-state index in [0.29, 0.717) is 0 Å². The maximum Gasteiger partial charge on any atom is 0.278 e. The summed E-state index contributed by atoms with van der Waals surface area (Å²) in [5, 5.41) is 0. The van der Waals surface area contributed by atoms with E-state index in [1.165, 1.54) is 28.2 Å². The van der Waals surface area contributed by atoms with Gasteiger partial charge in [0.25, 0.3) is 20.4 Å². The molecule has 0 aliphatic heterocycles. The van der Waals surface area contributed by atoms with Crippen LogP contribution >= 0.6 is 0 Å². The van der Waals surface area contributed by atoms with Gasteiger partial charge in [0.05, 0.1) is 0 Å². The molecular weight excluding hydrogens is 256 g/mol. The van der Waals surface area contributed by atoms with Crippen LogP contribution in [0.25, 0.3) is 0 Å². The molecule has 0 saturated heterocycles. The highest BCUT2D eigenvalue weighted by atomic mass is 32.2. The lowest BCUT2D eigenvalue weighted by Gasteiger charge is -2.14. The molecule has 0 aliphatic rings. The van der Waals surface area contributed by atoms with E-state index in [0.717, 1.165) is 8.61 Å². The molecule has 0 bridgehead atoms. The van der Waals surface area contributed by atoms with Gasteiger partial charge < -0.3 is 0 Å². The smallest absolute Gasteiger partial charge is 0.201 e. The third-order valence-corrected chi connectivity index (χ3v) is 4.72. The Hall–Kier alpha value is -0.260. The van der Waals surface area contributed by atoms with Crippen LogP contribution in [-0.4, -0.2) is 66.7 Å². The van der Waals surface area contributed by atoms with Gasteiger partial charge >= 0.3 is 0 Å². The van der Waals surface area contributed by atoms with Crippen LogP contribution in [0.5, 0.6) is 0 Å². The Bertz CT molecular complexity index is 360. The highest BCUT2D eigenvalue weighted by molar-refractivity contribution is 7.87. The molecule has 0 rings (SSSR count). The van der Waals surface area contributed by atoms with Crippen LogP contribution in [0.3, 0.4) is 0 Å². The minimum atomic E-state index is -3.50. The van der Waals surface area contributed by atoms with Crippen LogP contribution in [0.4, 0.5) is 0 Å². The van der Waals surface area contributed by atoms with Gasteiger partial charge in [0.2, 0.25) is 0 Å². The summed E-state index contributed by atoms with van der Waals surface area (Å²) >= 11 is 0. The van der Waals surface area contributed by atoms with Gasteiger partial charge in [-0.15, -0.1) is 0 Å². The van der Waals surface area contributed by atoms with Gasteiger partial charge in [0.15, 0.2) is 0 Å². The molecule has 8 nitrogen and oxygen atoms in total. The number of hydrogen-bond donors (Lipinski definition) is 2. The molecule has 0 unspecified atom stereocenters. The molecule has 10 heteroatoms. The lowest BCUT2D eigenvalue weighted by Crippen LogP contribution is -2.42. The summed E-state index contributed by atoms with van der Waals surface area (Å²) in [4.78, 5) is 0. The lowest BCUT2D eigenvalue weighted by atomic mass is 10.7. The Morgan fingerprint density at radius 1 is 0.750 bits per heavy atom. The van der Waals surface area contributed by atoms with Gasteiger partial charge in [-0.25, -0.2) is 9.44 Å². The summed E-state index contributed by atoms with van der Waals surface area (Å²) in [6.45, 7) is -0.0127. The largest absolute Gasteiger partial charge is 0.278 e. The number of hydrogen-bond acceptors (Lipinski definition) is 4. The van der Waals surface area contributed by atoms with Crippen molar-refractivity contribution in [3.63, 3.8) is 0 Å². The zero-order chi connectivity index (χ0) is 13.0. The third kappa shape index (κ3) is 5.18. The Labute approximate surface area is 97.0 Å². The minimum absolute atomic E-state index is 0.00637. The second kappa shape index (κ2) is 5.89. The van der Waals surface area contributed by atoms with E-state index >= 15 is 0 Å². The molecule has 0 aliphatic carbocycles. The molecule has 0 amide bonds. The van der Waals surface area contributed by atoms with Crippen LogP contribution in [0.1, 0.15) is 0 Å². The van der Waals surface area contributed by atoms with E-state index < -0.39 is 20.4 Å².